The highest BCUT2D eigenvalue weighted by Crippen LogP contribution is 1.90. The van der Waals surface area contributed by atoms with Gasteiger partial charge in [-0.2, -0.15) is 0 Å². The van der Waals surface area contributed by atoms with Gasteiger partial charge in [-0.25, -0.2) is 0 Å². The molecule has 0 heterocycles. The minimum Gasteiger partial charge on any atom is -0.356 e. The number of carbonyl (C=O) groups excluding carboxylic acids is 2. The van der Waals surface area contributed by atoms with E-state index in [1.807, 2.05) is 6.92 Å². The quantitative estimate of drug-likeness (QED) is 0.569. The van der Waals surface area contributed by atoms with Crippen LogP contribution in [0, 0.1) is 0 Å². The molecule has 0 aliphatic carbocycles. The lowest BCUT2D eigenvalue weighted by Gasteiger charge is -2.11. The van der Waals surface area contributed by atoms with Gasteiger partial charge >= 0.3 is 0 Å². The third-order valence-corrected chi connectivity index (χ3v) is 1.22. The number of hydrogen-bond acceptors (Lipinski definition) is 2. The Morgan fingerprint density at radius 1 is 1.60 bits per heavy atom. The Kier molecular flexibility index (Phi) is 3.76. The molecule has 3 nitrogen and oxygen atoms in total. The van der Waals surface area contributed by atoms with E-state index < -0.39 is 11.8 Å². The van der Waals surface area contributed by atoms with Crippen LogP contribution < -0.4 is 5.32 Å². The maximum absolute atomic E-state index is 10.6. The van der Waals surface area contributed by atoms with Crippen LogP contribution in [0.1, 0.15) is 20.3 Å². The van der Waals surface area contributed by atoms with Crippen LogP contribution in [0.3, 0.4) is 0 Å². The van der Waals surface area contributed by atoms with Crippen molar-refractivity contribution in [3.63, 3.8) is 0 Å². The zero-order valence-corrected chi connectivity index (χ0v) is 6.18. The summed E-state index contributed by atoms with van der Waals surface area (Å²) in [5, 5.41) is 2.32. The van der Waals surface area contributed by atoms with Gasteiger partial charge in [0.15, 0.2) is 11.6 Å². The first-order valence-electron chi connectivity index (χ1n) is 3.14. The van der Waals surface area contributed by atoms with Crippen LogP contribution in [0.2, 0.25) is 0 Å². The number of ketones is 1. The van der Waals surface area contributed by atoms with Crippen molar-refractivity contribution >= 4 is 19.4 Å². The van der Waals surface area contributed by atoms with E-state index in [0.717, 1.165) is 0 Å². The van der Waals surface area contributed by atoms with Crippen molar-refractivity contribution in [1.29, 1.82) is 0 Å². The molecule has 0 aromatic rings. The van der Waals surface area contributed by atoms with Crippen LogP contribution in [0.15, 0.2) is 0 Å². The second kappa shape index (κ2) is 4.09. The highest BCUT2D eigenvalue weighted by molar-refractivity contribution is 6.57. The number of hydrogen-bond donors (Lipinski definition) is 1. The van der Waals surface area contributed by atoms with Crippen molar-refractivity contribution in [2.75, 3.05) is 0 Å². The fraction of sp³-hybridized carbons (Fsp3) is 0.667. The second-order valence-electron chi connectivity index (χ2n) is 2.08. The minimum atomic E-state index is -0.651. The highest BCUT2D eigenvalue weighted by atomic mass is 16.2. The van der Waals surface area contributed by atoms with Crippen LogP contribution in [-0.2, 0) is 4.79 Å². The van der Waals surface area contributed by atoms with E-state index in [9.17, 15) is 9.59 Å². The molecule has 1 atom stereocenters. The first-order chi connectivity index (χ1) is 4.57. The maximum atomic E-state index is 10.6. The normalized spacial score (nSPS) is 12.2. The van der Waals surface area contributed by atoms with Gasteiger partial charge in [-0.1, -0.05) is 6.92 Å². The summed E-state index contributed by atoms with van der Waals surface area (Å²) in [5.74, 6) is -0.719. The molecule has 1 N–H and O–H groups in total. The Morgan fingerprint density at radius 3 is 2.20 bits per heavy atom. The zero-order valence-electron chi connectivity index (χ0n) is 6.18. The van der Waals surface area contributed by atoms with Crippen molar-refractivity contribution < 1.29 is 9.59 Å². The molecule has 0 aliphatic rings. The smallest absolute Gasteiger partial charge is 0.200 e. The number of nitrogens with one attached hydrogen (secondary N) is 1. The number of amides is 1. The van der Waals surface area contributed by atoms with Crippen molar-refractivity contribution in [1.82, 2.24) is 5.32 Å². The first-order valence-corrected chi connectivity index (χ1v) is 3.14. The van der Waals surface area contributed by atoms with Gasteiger partial charge in [0, 0.05) is 0 Å². The molecule has 1 amide bonds. The van der Waals surface area contributed by atoms with Gasteiger partial charge in [-0.3, -0.25) is 9.59 Å². The van der Waals surface area contributed by atoms with E-state index >= 15 is 0 Å². The first kappa shape index (κ1) is 9.20. The molecule has 54 valence electrons. The maximum Gasteiger partial charge on any atom is 0.200 e. The predicted octanol–water partition coefficient (Wildman–Crippen LogP) is 0.232. The summed E-state index contributed by atoms with van der Waals surface area (Å²) < 4.78 is 0. The third kappa shape index (κ3) is 3.27. The van der Waals surface area contributed by atoms with Crippen LogP contribution in [-0.4, -0.2) is 25.5 Å². The third-order valence-electron chi connectivity index (χ3n) is 1.22. The van der Waals surface area contributed by atoms with Gasteiger partial charge in [0.25, 0.3) is 0 Å². The molecule has 2 radical (unpaired) electrons. The number of rotatable bonds is 3. The molecule has 1 unspecified atom stereocenters. The summed E-state index contributed by atoms with van der Waals surface area (Å²) in [6.07, 6.45) is 0.582. The lowest BCUT2D eigenvalue weighted by molar-refractivity contribution is -0.118. The molecule has 4 heteroatoms. The molecule has 0 bridgehead atoms. The fourth-order valence-corrected chi connectivity index (χ4v) is 0.663. The lowest BCUT2D eigenvalue weighted by atomic mass is 10.1. The number of carbonyl (C=O) groups is 2. The topological polar surface area (TPSA) is 46.2 Å². The molecule has 0 rings (SSSR count). The zero-order chi connectivity index (χ0) is 8.15. The van der Waals surface area contributed by atoms with E-state index in [2.05, 4.69) is 5.32 Å². The SMILES string of the molecule is [B]C(=O)NC(CC)C(C)=O. The molecule has 0 saturated heterocycles. The van der Waals surface area contributed by atoms with Gasteiger partial charge in [0.1, 0.15) is 0 Å². The molecule has 0 aromatic heterocycles. The molecule has 0 aromatic carbocycles. The molecule has 0 saturated carbocycles. The van der Waals surface area contributed by atoms with E-state index in [1.165, 1.54) is 6.92 Å². The molecule has 0 spiro atoms. The van der Waals surface area contributed by atoms with E-state index in [0.29, 0.717) is 6.42 Å². The minimum absolute atomic E-state index is 0.0682. The molecular weight excluding hydrogens is 129 g/mol. The van der Waals surface area contributed by atoms with Crippen molar-refractivity contribution in [2.45, 2.75) is 26.3 Å². The standard InChI is InChI=1S/C6H10BNO2/c1-3-5(4(2)9)8-6(7)10/h5H,3H2,1-2H3,(H,8,10). The Balaban J connectivity index is 3.83. The van der Waals surface area contributed by atoms with Gasteiger partial charge < -0.3 is 5.32 Å². The monoisotopic (exact) mass is 139 g/mol. The summed E-state index contributed by atoms with van der Waals surface area (Å²) >= 11 is 0. The van der Waals surface area contributed by atoms with Crippen LogP contribution >= 0.6 is 0 Å². The second-order valence-corrected chi connectivity index (χ2v) is 2.08. The predicted molar refractivity (Wildman–Crippen MR) is 39.0 cm³/mol. The Hall–Kier alpha value is -0.795. The average Bonchev–Trinajstić information content (AvgIpc) is 1.81. The summed E-state index contributed by atoms with van der Waals surface area (Å²) in [6.45, 7) is 3.23. The average molecular weight is 139 g/mol. The van der Waals surface area contributed by atoms with Crippen LogP contribution in [0.4, 0.5) is 4.79 Å². The summed E-state index contributed by atoms with van der Waals surface area (Å²) in [7, 11) is 4.80. The van der Waals surface area contributed by atoms with Gasteiger partial charge in [0.05, 0.1) is 6.04 Å². The summed E-state index contributed by atoms with van der Waals surface area (Å²) in [5.41, 5.74) is 0. The Morgan fingerprint density at radius 2 is 2.10 bits per heavy atom. The van der Waals surface area contributed by atoms with Crippen LogP contribution in [0.25, 0.3) is 0 Å². The van der Waals surface area contributed by atoms with Crippen molar-refractivity contribution in [3.8, 4) is 0 Å². The van der Waals surface area contributed by atoms with Crippen molar-refractivity contribution in [2.24, 2.45) is 0 Å². The van der Waals surface area contributed by atoms with Gasteiger partial charge in [0.2, 0.25) is 7.85 Å². The summed E-state index contributed by atoms with van der Waals surface area (Å²) in [4.78, 5) is 20.9. The van der Waals surface area contributed by atoms with E-state index in [4.69, 9.17) is 7.85 Å². The molecule has 0 aliphatic heterocycles. The Labute approximate surface area is 61.6 Å². The van der Waals surface area contributed by atoms with Crippen molar-refractivity contribution in [3.05, 3.63) is 0 Å². The lowest BCUT2D eigenvalue weighted by Crippen LogP contribution is -2.38. The molecular formula is C6H10BNO2. The summed E-state index contributed by atoms with van der Waals surface area (Å²) in [6, 6.07) is -0.419. The van der Waals surface area contributed by atoms with Gasteiger partial charge in [-0.05, 0) is 13.3 Å². The van der Waals surface area contributed by atoms with Gasteiger partial charge in [-0.15, -0.1) is 0 Å². The highest BCUT2D eigenvalue weighted by Gasteiger charge is 2.10. The molecule has 0 fully saturated rings. The van der Waals surface area contributed by atoms with E-state index in [1.54, 1.807) is 0 Å². The number of Topliss-reactive ketones (excluding diaryl/α,β-unsaturated/α-hetero) is 1. The molecule has 10 heavy (non-hydrogen) atoms. The van der Waals surface area contributed by atoms with Crippen LogP contribution in [0.5, 0.6) is 0 Å². The van der Waals surface area contributed by atoms with E-state index in [-0.39, 0.29) is 5.78 Å². The fourth-order valence-electron chi connectivity index (χ4n) is 0.663. The Bertz CT molecular complexity index is 147. The largest absolute Gasteiger partial charge is 0.356 e.